The smallest absolute Gasteiger partial charge is 0.410 e. The van der Waals surface area contributed by atoms with E-state index >= 15 is 0 Å². The van der Waals surface area contributed by atoms with Gasteiger partial charge in [-0.15, -0.1) is 0 Å². The molecule has 3 heterocycles. The number of nitrogens with zero attached hydrogens (tertiary/aromatic N) is 4. The number of carbonyl (C=O) groups excluding carboxylic acids is 3. The van der Waals surface area contributed by atoms with Crippen LogP contribution < -0.4 is 15.4 Å². The van der Waals surface area contributed by atoms with Crippen molar-refractivity contribution in [2.45, 2.75) is 71.1 Å². The highest BCUT2D eigenvalue weighted by Gasteiger charge is 2.33. The van der Waals surface area contributed by atoms with Crippen LogP contribution >= 0.6 is 0 Å². The zero-order chi connectivity index (χ0) is 33.9. The summed E-state index contributed by atoms with van der Waals surface area (Å²) in [6.07, 6.45) is 4.66. The summed E-state index contributed by atoms with van der Waals surface area (Å²) in [7, 11) is 1.50. The van der Waals surface area contributed by atoms with E-state index in [0.29, 0.717) is 43.4 Å². The number of pyridine rings is 2. The second-order valence-corrected chi connectivity index (χ2v) is 13.2. The van der Waals surface area contributed by atoms with Crippen LogP contribution in [0.2, 0.25) is 0 Å². The van der Waals surface area contributed by atoms with Crippen molar-refractivity contribution in [2.75, 3.05) is 38.5 Å². The van der Waals surface area contributed by atoms with E-state index in [4.69, 9.17) is 14.5 Å². The molecule has 11 nitrogen and oxygen atoms in total. The largest absolute Gasteiger partial charge is 0.482 e. The van der Waals surface area contributed by atoms with Crippen molar-refractivity contribution >= 4 is 23.7 Å². The van der Waals surface area contributed by atoms with Gasteiger partial charge < -0.3 is 25.0 Å². The topological polar surface area (TPSA) is 126 Å². The number of benzene rings is 1. The molecule has 2 aromatic heterocycles. The van der Waals surface area contributed by atoms with Crippen LogP contribution in [0.4, 0.5) is 15.0 Å². The predicted octanol–water partition coefficient (Wildman–Crippen LogP) is 5.47. The molecule has 250 valence electrons. The van der Waals surface area contributed by atoms with Crippen molar-refractivity contribution in [3.05, 3.63) is 82.6 Å². The van der Waals surface area contributed by atoms with E-state index in [2.05, 4.69) is 26.6 Å². The molecule has 12 heteroatoms. The quantitative estimate of drug-likeness (QED) is 0.313. The third-order valence-corrected chi connectivity index (χ3v) is 8.25. The Morgan fingerprint density at radius 2 is 1.83 bits per heavy atom. The molecule has 2 atom stereocenters. The summed E-state index contributed by atoms with van der Waals surface area (Å²) in [5.41, 5.74) is 2.15. The Morgan fingerprint density at radius 1 is 1.06 bits per heavy atom. The van der Waals surface area contributed by atoms with E-state index in [9.17, 15) is 18.8 Å². The van der Waals surface area contributed by atoms with Crippen LogP contribution in [0.25, 0.3) is 0 Å². The van der Waals surface area contributed by atoms with Crippen LogP contribution in [-0.4, -0.2) is 82.5 Å². The molecule has 2 fully saturated rings. The lowest BCUT2D eigenvalue weighted by Gasteiger charge is -2.41. The molecule has 2 N–H and O–H groups in total. The van der Waals surface area contributed by atoms with Gasteiger partial charge in [0, 0.05) is 57.2 Å². The lowest BCUT2D eigenvalue weighted by molar-refractivity contribution is -0.00317. The number of ether oxygens (including phenoxy) is 2. The predicted molar refractivity (Wildman–Crippen MR) is 175 cm³/mol. The fourth-order valence-corrected chi connectivity index (χ4v) is 5.62. The number of carbonyl (C=O) groups is 3. The molecule has 2 aliphatic rings. The molecular weight excluding hydrogens is 603 g/mol. The third-order valence-electron chi connectivity index (χ3n) is 8.25. The van der Waals surface area contributed by atoms with Crippen molar-refractivity contribution < 1.29 is 28.2 Å². The molecular formula is C35H43FN6O5. The van der Waals surface area contributed by atoms with Gasteiger partial charge >= 0.3 is 6.09 Å². The first-order valence-corrected chi connectivity index (χ1v) is 16.0. The van der Waals surface area contributed by atoms with E-state index < -0.39 is 29.3 Å². The fourth-order valence-electron chi connectivity index (χ4n) is 5.62. The Hall–Kier alpha value is -4.58. The maximum absolute atomic E-state index is 14.2. The van der Waals surface area contributed by atoms with E-state index in [1.807, 2.05) is 40.0 Å². The molecule has 3 aromatic rings. The van der Waals surface area contributed by atoms with Crippen LogP contribution in [0, 0.1) is 12.7 Å². The number of anilines is 1. The van der Waals surface area contributed by atoms with E-state index in [-0.39, 0.29) is 34.8 Å². The molecule has 1 aliphatic carbocycles. The Balaban J connectivity index is 1.41. The van der Waals surface area contributed by atoms with Gasteiger partial charge in [-0.05, 0) is 94.8 Å². The first-order chi connectivity index (χ1) is 22.3. The first kappa shape index (κ1) is 33.8. The van der Waals surface area contributed by atoms with Crippen molar-refractivity contribution in [3.63, 3.8) is 0 Å². The Morgan fingerprint density at radius 3 is 2.45 bits per heavy atom. The number of halogens is 1. The summed E-state index contributed by atoms with van der Waals surface area (Å²) < 4.78 is 26.5. The number of aromatic nitrogens is 2. The molecule has 47 heavy (non-hydrogen) atoms. The van der Waals surface area contributed by atoms with Gasteiger partial charge in [-0.25, -0.2) is 14.2 Å². The van der Waals surface area contributed by atoms with E-state index in [0.717, 1.165) is 12.8 Å². The number of piperazine rings is 1. The molecule has 1 aromatic carbocycles. The highest BCUT2D eigenvalue weighted by Crippen LogP contribution is 2.40. The molecule has 1 aliphatic heterocycles. The summed E-state index contributed by atoms with van der Waals surface area (Å²) >= 11 is 0. The summed E-state index contributed by atoms with van der Waals surface area (Å²) in [5.74, 6) is -1.12. The van der Waals surface area contributed by atoms with Crippen molar-refractivity contribution in [3.8, 4) is 5.75 Å². The molecule has 0 radical (unpaired) electrons. The van der Waals surface area contributed by atoms with Crippen LogP contribution in [0.5, 0.6) is 5.75 Å². The van der Waals surface area contributed by atoms with E-state index in [1.165, 1.54) is 37.0 Å². The average Bonchev–Trinajstić information content (AvgIpc) is 3.87. The fraction of sp³-hybridized carbons (Fsp3) is 0.457. The molecule has 1 saturated heterocycles. The molecule has 5 rings (SSSR count). The first-order valence-electron chi connectivity index (χ1n) is 16.0. The highest BCUT2D eigenvalue weighted by molar-refractivity contribution is 6.07. The Bertz CT molecular complexity index is 1620. The van der Waals surface area contributed by atoms with E-state index in [1.54, 1.807) is 17.9 Å². The molecule has 3 amide bonds. The van der Waals surface area contributed by atoms with Crippen molar-refractivity contribution in [1.29, 1.82) is 0 Å². The van der Waals surface area contributed by atoms with Crippen LogP contribution in [0.1, 0.15) is 90.1 Å². The normalized spacial score (nSPS) is 17.5. The SMILES string of the molecule is CNC(=O)c1cc(C(=O)Nc2ncccc2F)c(C)cc1O[C@H](CN1CCN(C(=O)OC(C)(C)C)[C@H](C)C1)c1ccc(C2CC2)cn1. The van der Waals surface area contributed by atoms with Gasteiger partial charge in [-0.1, -0.05) is 6.07 Å². The molecule has 0 spiro atoms. The summed E-state index contributed by atoms with van der Waals surface area (Å²) in [5, 5.41) is 5.11. The number of nitrogens with one attached hydrogen (secondary N) is 2. The maximum atomic E-state index is 14.2. The summed E-state index contributed by atoms with van der Waals surface area (Å²) in [4.78, 5) is 51.8. The number of aryl methyl sites for hydroxylation is 1. The second-order valence-electron chi connectivity index (χ2n) is 13.2. The minimum atomic E-state index is -0.672. The van der Waals surface area contributed by atoms with Crippen molar-refractivity contribution in [1.82, 2.24) is 25.1 Å². The minimum Gasteiger partial charge on any atom is -0.482 e. The van der Waals surface area contributed by atoms with Crippen LogP contribution in [0.15, 0.2) is 48.8 Å². The zero-order valence-corrected chi connectivity index (χ0v) is 27.8. The molecule has 1 saturated carbocycles. The number of amides is 3. The van der Waals surface area contributed by atoms with Crippen molar-refractivity contribution in [2.24, 2.45) is 0 Å². The average molecular weight is 647 g/mol. The standard InChI is InChI=1S/C35H43FN6O5/c1-21-16-29(26(32(43)37-6)17-25(21)33(44)40-31-27(36)8-7-13-38-31)46-30(28-12-11-24(18-39-28)23-9-10-23)20-41-14-15-42(22(2)19-41)34(45)47-35(3,4)5/h7-8,11-13,16-18,22-23,30H,9-10,14-15,19-20H2,1-6H3,(H,37,43)(H,38,40,44)/t22-,30-/m1/s1. The summed E-state index contributed by atoms with van der Waals surface area (Å²) in [6, 6.07) is 9.66. The monoisotopic (exact) mass is 646 g/mol. The number of hydrogen-bond acceptors (Lipinski definition) is 8. The maximum Gasteiger partial charge on any atom is 0.410 e. The van der Waals surface area contributed by atoms with Crippen LogP contribution in [0.3, 0.4) is 0 Å². The van der Waals surface area contributed by atoms with Gasteiger partial charge in [0.1, 0.15) is 11.4 Å². The lowest BCUT2D eigenvalue weighted by Crippen LogP contribution is -2.55. The highest BCUT2D eigenvalue weighted by atomic mass is 19.1. The van der Waals surface area contributed by atoms with Gasteiger partial charge in [0.15, 0.2) is 17.7 Å². The van der Waals surface area contributed by atoms with Crippen LogP contribution in [-0.2, 0) is 4.74 Å². The van der Waals surface area contributed by atoms with Gasteiger partial charge in [-0.3, -0.25) is 19.5 Å². The Kier molecular flexibility index (Phi) is 10.1. The summed E-state index contributed by atoms with van der Waals surface area (Å²) in [6.45, 7) is 11.4. The van der Waals surface area contributed by atoms with Gasteiger partial charge in [0.05, 0.1) is 11.3 Å². The number of rotatable bonds is 9. The minimum absolute atomic E-state index is 0.102. The molecule has 0 bridgehead atoms. The molecule has 0 unspecified atom stereocenters. The van der Waals surface area contributed by atoms with Gasteiger partial charge in [0.2, 0.25) is 0 Å². The Labute approximate surface area is 274 Å². The number of hydrogen-bond donors (Lipinski definition) is 2. The second kappa shape index (κ2) is 14.0. The lowest BCUT2D eigenvalue weighted by atomic mass is 10.0. The third kappa shape index (κ3) is 8.42. The van der Waals surface area contributed by atoms with Gasteiger partial charge in [0.25, 0.3) is 11.8 Å². The van der Waals surface area contributed by atoms with Gasteiger partial charge in [-0.2, -0.15) is 0 Å². The zero-order valence-electron chi connectivity index (χ0n) is 27.8.